The number of nitrogens with zero attached hydrogens (tertiary/aromatic N) is 4. The van der Waals surface area contributed by atoms with Gasteiger partial charge in [-0.1, -0.05) is 18.2 Å². The number of hydrogen-bond acceptors (Lipinski definition) is 5. The summed E-state index contributed by atoms with van der Waals surface area (Å²) < 4.78 is 2.93. The zero-order valence-electron chi connectivity index (χ0n) is 11.8. The van der Waals surface area contributed by atoms with Crippen molar-refractivity contribution in [2.75, 3.05) is 6.54 Å². The van der Waals surface area contributed by atoms with E-state index in [0.29, 0.717) is 18.0 Å². The van der Waals surface area contributed by atoms with Crippen LogP contribution < -0.4 is 0 Å². The Morgan fingerprint density at radius 2 is 2.18 bits per heavy atom. The Balaban J connectivity index is 1.69. The van der Waals surface area contributed by atoms with E-state index in [1.807, 2.05) is 28.9 Å². The minimum atomic E-state index is -0.851. The van der Waals surface area contributed by atoms with E-state index in [9.17, 15) is 9.90 Å². The summed E-state index contributed by atoms with van der Waals surface area (Å²) in [4.78, 5) is 18.5. The molecule has 0 radical (unpaired) electrons. The number of benzene rings is 1. The molecule has 1 N–H and O–H groups in total. The Morgan fingerprint density at radius 1 is 1.32 bits per heavy atom. The lowest BCUT2D eigenvalue weighted by Crippen LogP contribution is -2.34. The molecule has 112 valence electrons. The number of fused-ring (bicyclic) bond motifs is 2. The molecule has 0 unspecified atom stereocenters. The monoisotopic (exact) mass is 314 g/mol. The lowest BCUT2D eigenvalue weighted by Gasteiger charge is -2.26. The lowest BCUT2D eigenvalue weighted by atomic mass is 10.1. The Morgan fingerprint density at radius 3 is 3.05 bits per heavy atom. The van der Waals surface area contributed by atoms with Crippen LogP contribution >= 0.6 is 11.3 Å². The van der Waals surface area contributed by atoms with Gasteiger partial charge in [0, 0.05) is 17.8 Å². The molecule has 1 aliphatic heterocycles. The summed E-state index contributed by atoms with van der Waals surface area (Å²) in [7, 11) is 0. The van der Waals surface area contributed by atoms with Crippen LogP contribution in [0.15, 0.2) is 30.6 Å². The van der Waals surface area contributed by atoms with Gasteiger partial charge in [-0.3, -0.25) is 4.90 Å². The van der Waals surface area contributed by atoms with Crippen LogP contribution in [-0.4, -0.2) is 37.3 Å². The molecule has 22 heavy (non-hydrogen) atoms. The summed E-state index contributed by atoms with van der Waals surface area (Å²) in [5, 5.41) is 14.7. The predicted molar refractivity (Wildman–Crippen MR) is 82.9 cm³/mol. The van der Waals surface area contributed by atoms with Crippen LogP contribution in [0.2, 0.25) is 0 Å². The van der Waals surface area contributed by atoms with Crippen molar-refractivity contribution in [3.8, 4) is 0 Å². The second-order valence-electron chi connectivity index (χ2n) is 5.32. The summed E-state index contributed by atoms with van der Waals surface area (Å²) in [6.45, 7) is 2.96. The van der Waals surface area contributed by atoms with Crippen LogP contribution in [0.3, 0.4) is 0 Å². The van der Waals surface area contributed by atoms with E-state index in [0.717, 1.165) is 34.6 Å². The summed E-state index contributed by atoms with van der Waals surface area (Å²) in [5.74, 6) is 0.0824. The minimum absolute atomic E-state index is 0.438. The number of rotatable bonds is 3. The number of hydrogen-bond donors (Lipinski definition) is 1. The molecular weight excluding hydrogens is 300 g/mol. The van der Waals surface area contributed by atoms with Crippen molar-refractivity contribution in [3.63, 3.8) is 0 Å². The zero-order chi connectivity index (χ0) is 15.1. The number of carbonyl (C=O) groups is 1. The van der Waals surface area contributed by atoms with Crippen molar-refractivity contribution in [3.05, 3.63) is 46.9 Å². The number of carboxylic acids is 1. The van der Waals surface area contributed by atoms with E-state index in [1.54, 1.807) is 6.33 Å². The third-order valence-corrected chi connectivity index (χ3v) is 5.16. The van der Waals surface area contributed by atoms with Crippen molar-refractivity contribution in [2.45, 2.75) is 19.6 Å². The Hall–Kier alpha value is -2.25. The number of thiophene rings is 1. The van der Waals surface area contributed by atoms with Gasteiger partial charge in [0.1, 0.15) is 17.0 Å². The van der Waals surface area contributed by atoms with Crippen LogP contribution in [0.5, 0.6) is 0 Å². The first-order chi connectivity index (χ1) is 10.7. The largest absolute Gasteiger partial charge is 0.477 e. The highest BCUT2D eigenvalue weighted by Crippen LogP contribution is 2.32. The smallest absolute Gasteiger partial charge is 0.346 e. The van der Waals surface area contributed by atoms with E-state index in [1.165, 1.54) is 11.3 Å². The normalized spacial score (nSPS) is 15.1. The second kappa shape index (κ2) is 5.19. The van der Waals surface area contributed by atoms with Gasteiger partial charge < -0.3 is 5.11 Å². The molecule has 3 aromatic rings. The highest BCUT2D eigenvalue weighted by molar-refractivity contribution is 7.21. The quantitative estimate of drug-likeness (QED) is 0.802. The lowest BCUT2D eigenvalue weighted by molar-refractivity contribution is 0.0699. The van der Waals surface area contributed by atoms with E-state index >= 15 is 0 Å². The molecule has 0 amide bonds. The van der Waals surface area contributed by atoms with Crippen molar-refractivity contribution < 1.29 is 9.90 Å². The van der Waals surface area contributed by atoms with Gasteiger partial charge >= 0.3 is 5.97 Å². The van der Waals surface area contributed by atoms with Crippen LogP contribution in [0.25, 0.3) is 10.1 Å². The molecule has 3 heterocycles. The molecule has 4 rings (SSSR count). The highest BCUT2D eigenvalue weighted by atomic mass is 32.1. The molecule has 0 atom stereocenters. The van der Waals surface area contributed by atoms with Crippen molar-refractivity contribution in [1.82, 2.24) is 19.7 Å². The van der Waals surface area contributed by atoms with Crippen LogP contribution in [0.1, 0.15) is 21.1 Å². The fourth-order valence-corrected chi connectivity index (χ4v) is 3.95. The maximum atomic E-state index is 11.6. The first kappa shape index (κ1) is 13.4. The van der Waals surface area contributed by atoms with E-state index in [4.69, 9.17) is 0 Å². The first-order valence-electron chi connectivity index (χ1n) is 7.05. The summed E-state index contributed by atoms with van der Waals surface area (Å²) in [5.41, 5.74) is 0.904. The Labute approximate surface area is 130 Å². The second-order valence-corrected chi connectivity index (χ2v) is 6.37. The maximum Gasteiger partial charge on any atom is 0.346 e. The Kier molecular flexibility index (Phi) is 3.16. The highest BCUT2D eigenvalue weighted by Gasteiger charge is 2.23. The molecule has 0 spiro atoms. The van der Waals surface area contributed by atoms with Gasteiger partial charge in [0.15, 0.2) is 0 Å². The van der Waals surface area contributed by atoms with Gasteiger partial charge in [0.2, 0.25) is 0 Å². The SMILES string of the molecule is O=C(O)c1sc2ccccc2c1CN1CCn2ncnc2C1. The number of carboxylic acid groups (broad SMARTS) is 1. The summed E-state index contributed by atoms with van der Waals surface area (Å²) in [6.07, 6.45) is 1.57. The molecule has 0 saturated carbocycles. The number of aromatic carboxylic acids is 1. The summed E-state index contributed by atoms with van der Waals surface area (Å²) in [6, 6.07) is 7.87. The standard InChI is InChI=1S/C15H14N4O2S/c20-15(21)14-11(10-3-1-2-4-12(10)22-14)7-18-5-6-19-13(8-18)16-9-17-19/h1-4,9H,5-8H2,(H,20,21). The molecule has 1 aromatic carbocycles. The zero-order valence-corrected chi connectivity index (χ0v) is 12.6. The van der Waals surface area contributed by atoms with Gasteiger partial charge in [0.25, 0.3) is 0 Å². The van der Waals surface area contributed by atoms with Gasteiger partial charge in [-0.05, 0) is 17.0 Å². The van der Waals surface area contributed by atoms with Gasteiger partial charge in [0.05, 0.1) is 13.1 Å². The predicted octanol–water partition coefficient (Wildman–Crippen LogP) is 2.21. The first-order valence-corrected chi connectivity index (χ1v) is 7.87. The van der Waals surface area contributed by atoms with Crippen LogP contribution in [0, 0.1) is 0 Å². The molecule has 6 nitrogen and oxygen atoms in total. The molecular formula is C15H14N4O2S. The molecule has 0 saturated heterocycles. The summed E-state index contributed by atoms with van der Waals surface area (Å²) >= 11 is 1.35. The van der Waals surface area contributed by atoms with Crippen molar-refractivity contribution in [2.24, 2.45) is 0 Å². The number of aromatic nitrogens is 3. The van der Waals surface area contributed by atoms with Crippen LogP contribution in [-0.2, 0) is 19.6 Å². The third kappa shape index (κ3) is 2.18. The minimum Gasteiger partial charge on any atom is -0.477 e. The topological polar surface area (TPSA) is 71.2 Å². The maximum absolute atomic E-state index is 11.6. The molecule has 7 heteroatoms. The van der Waals surface area contributed by atoms with E-state index in [-0.39, 0.29) is 0 Å². The van der Waals surface area contributed by atoms with Crippen molar-refractivity contribution in [1.29, 1.82) is 0 Å². The average molecular weight is 314 g/mol. The van der Waals surface area contributed by atoms with Crippen LogP contribution in [0.4, 0.5) is 0 Å². The van der Waals surface area contributed by atoms with E-state index < -0.39 is 5.97 Å². The fourth-order valence-electron chi connectivity index (χ4n) is 2.90. The van der Waals surface area contributed by atoms with Gasteiger partial charge in [-0.15, -0.1) is 11.3 Å². The molecule has 0 aliphatic carbocycles. The van der Waals surface area contributed by atoms with Crippen molar-refractivity contribution >= 4 is 27.4 Å². The molecule has 2 aromatic heterocycles. The molecule has 1 aliphatic rings. The molecule has 0 fully saturated rings. The molecule has 0 bridgehead atoms. The van der Waals surface area contributed by atoms with Gasteiger partial charge in [-0.25, -0.2) is 14.5 Å². The van der Waals surface area contributed by atoms with E-state index in [2.05, 4.69) is 15.0 Å². The van der Waals surface area contributed by atoms with Gasteiger partial charge in [-0.2, -0.15) is 5.10 Å². The fraction of sp³-hybridized carbons (Fsp3) is 0.267. The Bertz CT molecular complexity index is 854. The average Bonchev–Trinajstić information content (AvgIpc) is 3.12. The third-order valence-electron chi connectivity index (χ3n) is 3.96.